The number of ether oxygens (including phenoxy) is 2. The summed E-state index contributed by atoms with van der Waals surface area (Å²) in [7, 11) is 1.70. The fourth-order valence-electron chi connectivity index (χ4n) is 1.27. The highest BCUT2D eigenvalue weighted by atomic mass is 16.5. The fourth-order valence-corrected chi connectivity index (χ4v) is 1.27. The SMILES string of the molecule is COCCCCOc1cccc(CO)c1. The Bertz CT molecular complexity index is 273. The van der Waals surface area contributed by atoms with E-state index in [-0.39, 0.29) is 6.61 Å². The molecule has 0 unspecified atom stereocenters. The lowest BCUT2D eigenvalue weighted by Gasteiger charge is -2.06. The van der Waals surface area contributed by atoms with E-state index in [1.54, 1.807) is 7.11 Å². The third-order valence-electron chi connectivity index (χ3n) is 2.09. The number of rotatable bonds is 7. The van der Waals surface area contributed by atoms with E-state index < -0.39 is 0 Å². The van der Waals surface area contributed by atoms with Crippen LogP contribution < -0.4 is 4.74 Å². The maximum absolute atomic E-state index is 8.93. The molecule has 0 fully saturated rings. The number of hydrogen-bond donors (Lipinski definition) is 1. The number of hydrogen-bond acceptors (Lipinski definition) is 3. The molecule has 0 aliphatic rings. The lowest BCUT2D eigenvalue weighted by molar-refractivity contribution is 0.184. The minimum absolute atomic E-state index is 0.0564. The van der Waals surface area contributed by atoms with Crippen LogP contribution in [-0.4, -0.2) is 25.4 Å². The van der Waals surface area contributed by atoms with Gasteiger partial charge in [0.2, 0.25) is 0 Å². The second kappa shape index (κ2) is 7.26. The summed E-state index contributed by atoms with van der Waals surface area (Å²) in [6.07, 6.45) is 1.99. The second-order valence-electron chi connectivity index (χ2n) is 3.35. The normalized spacial score (nSPS) is 10.3. The molecule has 0 aromatic heterocycles. The summed E-state index contributed by atoms with van der Waals surface area (Å²) in [5.74, 6) is 0.818. The van der Waals surface area contributed by atoms with Crippen molar-refractivity contribution in [1.82, 2.24) is 0 Å². The van der Waals surface area contributed by atoms with Gasteiger partial charge < -0.3 is 14.6 Å². The zero-order chi connectivity index (χ0) is 10.9. The monoisotopic (exact) mass is 210 g/mol. The van der Waals surface area contributed by atoms with Crippen molar-refractivity contribution in [3.05, 3.63) is 29.8 Å². The molecule has 1 N–H and O–H groups in total. The molecular weight excluding hydrogens is 192 g/mol. The van der Waals surface area contributed by atoms with Gasteiger partial charge in [-0.25, -0.2) is 0 Å². The number of unbranched alkanes of at least 4 members (excludes halogenated alkanes) is 1. The molecule has 0 aliphatic carbocycles. The molecule has 0 saturated carbocycles. The molecule has 0 radical (unpaired) electrons. The molecule has 15 heavy (non-hydrogen) atoms. The highest BCUT2D eigenvalue weighted by Gasteiger charge is 1.95. The number of aliphatic hydroxyl groups is 1. The Kier molecular flexibility index (Phi) is 5.81. The number of aliphatic hydroxyl groups excluding tert-OH is 1. The predicted molar refractivity (Wildman–Crippen MR) is 59.0 cm³/mol. The summed E-state index contributed by atoms with van der Waals surface area (Å²) >= 11 is 0. The minimum Gasteiger partial charge on any atom is -0.494 e. The first-order valence-electron chi connectivity index (χ1n) is 5.18. The molecule has 0 saturated heterocycles. The number of methoxy groups -OCH3 is 1. The van der Waals surface area contributed by atoms with Crippen LogP contribution in [0, 0.1) is 0 Å². The Balaban J connectivity index is 2.24. The Labute approximate surface area is 90.6 Å². The molecule has 1 aromatic carbocycles. The Morgan fingerprint density at radius 1 is 1.20 bits per heavy atom. The summed E-state index contributed by atoms with van der Waals surface area (Å²) in [6, 6.07) is 7.51. The molecule has 0 atom stereocenters. The first-order chi connectivity index (χ1) is 7.36. The topological polar surface area (TPSA) is 38.7 Å². The number of benzene rings is 1. The van der Waals surface area contributed by atoms with Crippen molar-refractivity contribution in [1.29, 1.82) is 0 Å². The van der Waals surface area contributed by atoms with Crippen molar-refractivity contribution in [2.24, 2.45) is 0 Å². The zero-order valence-electron chi connectivity index (χ0n) is 9.11. The molecule has 0 heterocycles. The van der Waals surface area contributed by atoms with Crippen LogP contribution in [0.1, 0.15) is 18.4 Å². The van der Waals surface area contributed by atoms with E-state index in [1.807, 2.05) is 24.3 Å². The maximum Gasteiger partial charge on any atom is 0.119 e. The Morgan fingerprint density at radius 3 is 2.73 bits per heavy atom. The van der Waals surface area contributed by atoms with Crippen molar-refractivity contribution in [3.63, 3.8) is 0 Å². The van der Waals surface area contributed by atoms with Gasteiger partial charge in [-0.05, 0) is 30.5 Å². The summed E-state index contributed by atoms with van der Waals surface area (Å²) < 4.78 is 10.5. The van der Waals surface area contributed by atoms with Gasteiger partial charge in [0.25, 0.3) is 0 Å². The minimum atomic E-state index is 0.0564. The van der Waals surface area contributed by atoms with E-state index in [4.69, 9.17) is 14.6 Å². The molecule has 1 aromatic rings. The quantitative estimate of drug-likeness (QED) is 0.699. The van der Waals surface area contributed by atoms with Gasteiger partial charge in [-0.1, -0.05) is 12.1 Å². The van der Waals surface area contributed by atoms with Crippen LogP contribution in [0.15, 0.2) is 24.3 Å². The van der Waals surface area contributed by atoms with Crippen molar-refractivity contribution in [2.75, 3.05) is 20.3 Å². The first-order valence-corrected chi connectivity index (χ1v) is 5.18. The van der Waals surface area contributed by atoms with Crippen LogP contribution in [0.2, 0.25) is 0 Å². The molecule has 0 spiro atoms. The fraction of sp³-hybridized carbons (Fsp3) is 0.500. The van der Waals surface area contributed by atoms with Gasteiger partial charge in [-0.15, -0.1) is 0 Å². The molecule has 3 nitrogen and oxygen atoms in total. The smallest absolute Gasteiger partial charge is 0.119 e. The third-order valence-corrected chi connectivity index (χ3v) is 2.09. The van der Waals surface area contributed by atoms with Crippen LogP contribution in [0.5, 0.6) is 5.75 Å². The molecule has 0 aliphatic heterocycles. The standard InChI is InChI=1S/C12H18O3/c1-14-7-2-3-8-15-12-6-4-5-11(9-12)10-13/h4-6,9,13H,2-3,7-8,10H2,1H3. The van der Waals surface area contributed by atoms with Crippen LogP contribution in [0.4, 0.5) is 0 Å². The van der Waals surface area contributed by atoms with E-state index in [9.17, 15) is 0 Å². The summed E-state index contributed by atoms with van der Waals surface area (Å²) in [4.78, 5) is 0. The maximum atomic E-state index is 8.93. The van der Waals surface area contributed by atoms with Crippen LogP contribution in [0.3, 0.4) is 0 Å². The average molecular weight is 210 g/mol. The van der Waals surface area contributed by atoms with Gasteiger partial charge in [0.15, 0.2) is 0 Å². The van der Waals surface area contributed by atoms with Crippen LogP contribution >= 0.6 is 0 Å². The third kappa shape index (κ3) is 4.81. The summed E-state index contributed by atoms with van der Waals surface area (Å²) in [5.41, 5.74) is 0.879. The predicted octanol–water partition coefficient (Wildman–Crippen LogP) is 1.98. The molecular formula is C12H18O3. The summed E-state index contributed by atoms with van der Waals surface area (Å²) in [6.45, 7) is 1.53. The van der Waals surface area contributed by atoms with E-state index in [2.05, 4.69) is 0 Å². The highest BCUT2D eigenvalue weighted by Crippen LogP contribution is 2.13. The van der Waals surface area contributed by atoms with E-state index in [0.29, 0.717) is 6.61 Å². The van der Waals surface area contributed by atoms with Crippen molar-refractivity contribution in [3.8, 4) is 5.75 Å². The van der Waals surface area contributed by atoms with Crippen LogP contribution in [-0.2, 0) is 11.3 Å². The lowest BCUT2D eigenvalue weighted by Crippen LogP contribution is -1.99. The highest BCUT2D eigenvalue weighted by molar-refractivity contribution is 5.27. The zero-order valence-corrected chi connectivity index (χ0v) is 9.11. The van der Waals surface area contributed by atoms with E-state index in [1.165, 1.54) is 0 Å². The van der Waals surface area contributed by atoms with Gasteiger partial charge >= 0.3 is 0 Å². The van der Waals surface area contributed by atoms with Gasteiger partial charge in [0.05, 0.1) is 13.2 Å². The molecule has 3 heteroatoms. The molecule has 0 amide bonds. The first kappa shape index (κ1) is 12.0. The lowest BCUT2D eigenvalue weighted by atomic mass is 10.2. The van der Waals surface area contributed by atoms with E-state index in [0.717, 1.165) is 30.8 Å². The van der Waals surface area contributed by atoms with Gasteiger partial charge in [0, 0.05) is 13.7 Å². The van der Waals surface area contributed by atoms with Crippen molar-refractivity contribution in [2.45, 2.75) is 19.4 Å². The van der Waals surface area contributed by atoms with Crippen LogP contribution in [0.25, 0.3) is 0 Å². The van der Waals surface area contributed by atoms with Gasteiger partial charge in [-0.2, -0.15) is 0 Å². The Hall–Kier alpha value is -1.06. The second-order valence-corrected chi connectivity index (χ2v) is 3.35. The Morgan fingerprint density at radius 2 is 2.00 bits per heavy atom. The van der Waals surface area contributed by atoms with Gasteiger partial charge in [-0.3, -0.25) is 0 Å². The molecule has 1 rings (SSSR count). The van der Waals surface area contributed by atoms with Crippen molar-refractivity contribution < 1.29 is 14.6 Å². The van der Waals surface area contributed by atoms with E-state index >= 15 is 0 Å². The van der Waals surface area contributed by atoms with Gasteiger partial charge in [0.1, 0.15) is 5.75 Å². The molecule has 84 valence electrons. The summed E-state index contributed by atoms with van der Waals surface area (Å²) in [5, 5.41) is 8.93. The average Bonchev–Trinajstić information content (AvgIpc) is 2.29. The largest absolute Gasteiger partial charge is 0.494 e. The molecule has 0 bridgehead atoms. The van der Waals surface area contributed by atoms with Crippen molar-refractivity contribution >= 4 is 0 Å².